The molecule has 2 aromatic rings. The first kappa shape index (κ1) is 21.9. The van der Waals surface area contributed by atoms with Gasteiger partial charge in [0.1, 0.15) is 0 Å². The van der Waals surface area contributed by atoms with Crippen LogP contribution in [0.25, 0.3) is 6.08 Å². The normalized spacial score (nSPS) is 12.4. The number of benzene rings is 2. The lowest BCUT2D eigenvalue weighted by atomic mass is 10.1. The molecule has 10 heteroatoms. The van der Waals surface area contributed by atoms with Gasteiger partial charge in [-0.05, 0) is 61.5 Å². The van der Waals surface area contributed by atoms with E-state index in [9.17, 15) is 26.4 Å². The van der Waals surface area contributed by atoms with Gasteiger partial charge in [-0.2, -0.15) is 13.2 Å². The Balaban J connectivity index is 2.23. The number of sulfonamides is 1. The van der Waals surface area contributed by atoms with Crippen molar-refractivity contribution in [3.05, 3.63) is 64.2 Å². The minimum Gasteiger partial charge on any atom is -0.322 e. The van der Waals surface area contributed by atoms with Crippen molar-refractivity contribution in [1.82, 2.24) is 4.72 Å². The Hall–Kier alpha value is -2.36. The van der Waals surface area contributed by atoms with E-state index in [0.717, 1.165) is 30.4 Å². The number of carbonyl (C=O) groups excluding carboxylic acids is 1. The molecule has 0 radical (unpaired) electrons. The van der Waals surface area contributed by atoms with Crippen LogP contribution >= 0.6 is 11.6 Å². The zero-order valence-corrected chi connectivity index (χ0v) is 16.3. The third kappa shape index (κ3) is 5.34. The Morgan fingerprint density at radius 2 is 1.82 bits per heavy atom. The first-order valence-electron chi connectivity index (χ1n) is 7.84. The van der Waals surface area contributed by atoms with Gasteiger partial charge in [0.25, 0.3) is 0 Å². The number of amides is 1. The second kappa shape index (κ2) is 8.34. The molecule has 0 aliphatic heterocycles. The van der Waals surface area contributed by atoms with Gasteiger partial charge in [0, 0.05) is 16.8 Å². The average Bonchev–Trinajstić information content (AvgIpc) is 2.61. The molecule has 0 unspecified atom stereocenters. The number of hydrogen-bond donors (Lipinski definition) is 2. The molecule has 0 saturated carbocycles. The maximum Gasteiger partial charge on any atom is 0.416 e. The lowest BCUT2D eigenvalue weighted by Gasteiger charge is -2.10. The number of aryl methyl sites for hydroxylation is 1. The fourth-order valence-electron chi connectivity index (χ4n) is 2.27. The molecular formula is C18H16ClF3N2O3S. The fraction of sp³-hybridized carbons (Fsp3) is 0.167. The lowest BCUT2D eigenvalue weighted by molar-refractivity contribution is -0.137. The minimum atomic E-state index is -4.54. The summed E-state index contributed by atoms with van der Waals surface area (Å²) in [7, 11) is -2.44. The van der Waals surface area contributed by atoms with Crippen molar-refractivity contribution >= 4 is 39.3 Å². The molecule has 28 heavy (non-hydrogen) atoms. The molecular weight excluding hydrogens is 417 g/mol. The summed E-state index contributed by atoms with van der Waals surface area (Å²) in [6.45, 7) is 1.60. The molecule has 1 amide bonds. The highest BCUT2D eigenvalue weighted by Gasteiger charge is 2.30. The maximum absolute atomic E-state index is 12.8. The standard InChI is InChI=1S/C18H16ClF3N2O3S/c1-11-3-6-14(10-16(11)28(26,27)23-2)24-17(25)8-4-12-9-13(18(20,21)22)5-7-15(12)19/h3-10,23H,1-2H3,(H,24,25)/b8-4+. The molecule has 0 aliphatic carbocycles. The van der Waals surface area contributed by atoms with Crippen LogP contribution in [-0.2, 0) is 21.0 Å². The van der Waals surface area contributed by atoms with Crippen LogP contribution in [0.15, 0.2) is 47.4 Å². The van der Waals surface area contributed by atoms with Crippen LogP contribution in [0.4, 0.5) is 18.9 Å². The highest BCUT2D eigenvalue weighted by molar-refractivity contribution is 7.89. The van der Waals surface area contributed by atoms with Crippen LogP contribution in [0.2, 0.25) is 5.02 Å². The minimum absolute atomic E-state index is 0.00213. The Bertz CT molecular complexity index is 1030. The summed E-state index contributed by atoms with van der Waals surface area (Å²) >= 11 is 5.87. The molecule has 5 nitrogen and oxygen atoms in total. The fourth-order valence-corrected chi connectivity index (χ4v) is 3.45. The largest absolute Gasteiger partial charge is 0.416 e. The van der Waals surface area contributed by atoms with E-state index in [1.54, 1.807) is 6.92 Å². The van der Waals surface area contributed by atoms with Gasteiger partial charge in [-0.25, -0.2) is 13.1 Å². The van der Waals surface area contributed by atoms with Crippen molar-refractivity contribution < 1.29 is 26.4 Å². The number of anilines is 1. The van der Waals surface area contributed by atoms with Crippen LogP contribution in [0.5, 0.6) is 0 Å². The molecule has 0 bridgehead atoms. The molecule has 2 aromatic carbocycles. The summed E-state index contributed by atoms with van der Waals surface area (Å²) in [6.07, 6.45) is -2.38. The number of rotatable bonds is 5. The molecule has 0 saturated heterocycles. The van der Waals surface area contributed by atoms with Gasteiger partial charge in [-0.15, -0.1) is 0 Å². The van der Waals surface area contributed by atoms with Gasteiger partial charge in [0.15, 0.2) is 0 Å². The van der Waals surface area contributed by atoms with Gasteiger partial charge in [0.2, 0.25) is 15.9 Å². The highest BCUT2D eigenvalue weighted by atomic mass is 35.5. The van der Waals surface area contributed by atoms with Crippen molar-refractivity contribution in [3.8, 4) is 0 Å². The predicted octanol–water partition coefficient (Wildman–Crippen LogP) is 4.23. The summed E-state index contributed by atoms with van der Waals surface area (Å²) in [6, 6.07) is 7.08. The summed E-state index contributed by atoms with van der Waals surface area (Å²) in [5.74, 6) is -0.662. The molecule has 0 spiro atoms. The molecule has 2 rings (SSSR count). The van der Waals surface area contributed by atoms with Gasteiger partial charge < -0.3 is 5.32 Å². The second-order valence-electron chi connectivity index (χ2n) is 5.74. The Kier molecular flexibility index (Phi) is 6.53. The molecule has 0 heterocycles. The Morgan fingerprint density at radius 1 is 1.14 bits per heavy atom. The summed E-state index contributed by atoms with van der Waals surface area (Å²) in [5, 5.41) is 2.51. The SMILES string of the molecule is CNS(=O)(=O)c1cc(NC(=O)/C=C/c2cc(C(F)(F)F)ccc2Cl)ccc1C. The Labute approximate surface area is 165 Å². The first-order valence-corrected chi connectivity index (χ1v) is 9.70. The van der Waals surface area contributed by atoms with Crippen LogP contribution in [-0.4, -0.2) is 21.4 Å². The Morgan fingerprint density at radius 3 is 2.43 bits per heavy atom. The lowest BCUT2D eigenvalue weighted by Crippen LogP contribution is -2.20. The van der Waals surface area contributed by atoms with E-state index in [-0.39, 0.29) is 21.2 Å². The van der Waals surface area contributed by atoms with Crippen LogP contribution in [0, 0.1) is 6.92 Å². The quantitative estimate of drug-likeness (QED) is 0.694. The predicted molar refractivity (Wildman–Crippen MR) is 102 cm³/mol. The molecule has 0 fully saturated rings. The molecule has 0 aliphatic rings. The van der Waals surface area contributed by atoms with Crippen LogP contribution < -0.4 is 10.0 Å². The third-order valence-electron chi connectivity index (χ3n) is 3.75. The zero-order valence-electron chi connectivity index (χ0n) is 14.8. The van der Waals surface area contributed by atoms with Crippen molar-refractivity contribution in [2.24, 2.45) is 0 Å². The van der Waals surface area contributed by atoms with Gasteiger partial charge in [0.05, 0.1) is 10.5 Å². The second-order valence-corrected chi connectivity index (χ2v) is 8.01. The molecule has 0 aromatic heterocycles. The number of hydrogen-bond acceptors (Lipinski definition) is 3. The van der Waals surface area contributed by atoms with Crippen molar-refractivity contribution in [1.29, 1.82) is 0 Å². The van der Waals surface area contributed by atoms with E-state index >= 15 is 0 Å². The third-order valence-corrected chi connectivity index (χ3v) is 5.65. The van der Waals surface area contributed by atoms with Crippen molar-refractivity contribution in [3.63, 3.8) is 0 Å². The number of halogens is 4. The molecule has 150 valence electrons. The van der Waals surface area contributed by atoms with E-state index in [2.05, 4.69) is 10.0 Å². The van der Waals surface area contributed by atoms with E-state index < -0.39 is 27.7 Å². The van der Waals surface area contributed by atoms with E-state index in [1.165, 1.54) is 25.2 Å². The smallest absolute Gasteiger partial charge is 0.322 e. The molecule has 2 N–H and O–H groups in total. The topological polar surface area (TPSA) is 75.3 Å². The number of nitrogens with one attached hydrogen (secondary N) is 2. The summed E-state index contributed by atoms with van der Waals surface area (Å²) in [4.78, 5) is 12.1. The van der Waals surface area contributed by atoms with Crippen molar-refractivity contribution in [2.45, 2.75) is 18.0 Å². The van der Waals surface area contributed by atoms with Gasteiger partial charge >= 0.3 is 6.18 Å². The van der Waals surface area contributed by atoms with Gasteiger partial charge in [-0.3, -0.25) is 4.79 Å². The monoisotopic (exact) mass is 432 g/mol. The van der Waals surface area contributed by atoms with Crippen LogP contribution in [0.1, 0.15) is 16.7 Å². The van der Waals surface area contributed by atoms with E-state index in [4.69, 9.17) is 11.6 Å². The summed E-state index contributed by atoms with van der Waals surface area (Å²) in [5.41, 5.74) is -0.172. The number of alkyl halides is 3. The van der Waals surface area contributed by atoms with Gasteiger partial charge in [-0.1, -0.05) is 17.7 Å². The van der Waals surface area contributed by atoms with Crippen molar-refractivity contribution in [2.75, 3.05) is 12.4 Å². The number of carbonyl (C=O) groups is 1. The van der Waals surface area contributed by atoms with E-state index in [1.807, 2.05) is 0 Å². The highest BCUT2D eigenvalue weighted by Crippen LogP contribution is 2.32. The van der Waals surface area contributed by atoms with Crippen LogP contribution in [0.3, 0.4) is 0 Å². The average molecular weight is 433 g/mol. The van der Waals surface area contributed by atoms with E-state index in [0.29, 0.717) is 5.56 Å². The summed E-state index contributed by atoms with van der Waals surface area (Å²) < 4.78 is 64.5. The zero-order chi connectivity index (χ0) is 21.1. The maximum atomic E-state index is 12.8. The first-order chi connectivity index (χ1) is 12.9. The molecule has 0 atom stereocenters.